The molecular formula is C21H23NO3. The van der Waals surface area contributed by atoms with E-state index in [1.54, 1.807) is 4.90 Å². The zero-order valence-corrected chi connectivity index (χ0v) is 14.4. The summed E-state index contributed by atoms with van der Waals surface area (Å²) >= 11 is 0. The van der Waals surface area contributed by atoms with Crippen LogP contribution in [0.25, 0.3) is 11.1 Å². The number of amides is 1. The summed E-state index contributed by atoms with van der Waals surface area (Å²) in [6.07, 6.45) is 0.898. The van der Waals surface area contributed by atoms with E-state index in [4.69, 9.17) is 0 Å². The van der Waals surface area contributed by atoms with Gasteiger partial charge in [0.2, 0.25) is 5.91 Å². The summed E-state index contributed by atoms with van der Waals surface area (Å²) in [5.41, 5.74) is 3.27. The highest BCUT2D eigenvalue weighted by Gasteiger charge is 2.32. The molecule has 0 aliphatic carbocycles. The van der Waals surface area contributed by atoms with Crippen molar-refractivity contribution in [3.8, 4) is 11.1 Å². The fraction of sp³-hybridized carbons (Fsp3) is 0.333. The minimum atomic E-state index is -0.754. The van der Waals surface area contributed by atoms with Crippen LogP contribution in [-0.2, 0) is 16.0 Å². The molecule has 0 bridgehead atoms. The smallest absolute Gasteiger partial charge is 0.306 e. The van der Waals surface area contributed by atoms with Gasteiger partial charge in [0.1, 0.15) is 0 Å². The first-order valence-corrected chi connectivity index (χ1v) is 8.69. The van der Waals surface area contributed by atoms with Crippen molar-refractivity contribution < 1.29 is 14.7 Å². The van der Waals surface area contributed by atoms with Crippen molar-refractivity contribution in [1.82, 2.24) is 4.90 Å². The average Bonchev–Trinajstić information content (AvgIpc) is 2.62. The molecule has 2 aromatic carbocycles. The molecule has 2 aromatic rings. The van der Waals surface area contributed by atoms with Crippen LogP contribution in [0.5, 0.6) is 0 Å². The van der Waals surface area contributed by atoms with Crippen LogP contribution >= 0.6 is 0 Å². The lowest BCUT2D eigenvalue weighted by atomic mass is 9.87. The monoisotopic (exact) mass is 337 g/mol. The van der Waals surface area contributed by atoms with Crippen molar-refractivity contribution in [2.45, 2.75) is 19.8 Å². The Bertz CT molecular complexity index is 739. The maximum absolute atomic E-state index is 12.5. The zero-order chi connectivity index (χ0) is 17.8. The van der Waals surface area contributed by atoms with Gasteiger partial charge in [-0.25, -0.2) is 0 Å². The van der Waals surface area contributed by atoms with Crippen LogP contribution in [0.1, 0.15) is 18.9 Å². The van der Waals surface area contributed by atoms with E-state index >= 15 is 0 Å². The number of carboxylic acids is 1. The number of likely N-dealkylation sites (tertiary alicyclic amines) is 1. The van der Waals surface area contributed by atoms with Gasteiger partial charge in [-0.15, -0.1) is 0 Å². The molecule has 25 heavy (non-hydrogen) atoms. The Morgan fingerprint density at radius 3 is 2.28 bits per heavy atom. The molecule has 1 amide bonds. The summed E-state index contributed by atoms with van der Waals surface area (Å²) in [6, 6.07) is 18.2. The number of carbonyl (C=O) groups is 2. The Kier molecular flexibility index (Phi) is 5.17. The van der Waals surface area contributed by atoms with E-state index in [0.29, 0.717) is 25.9 Å². The van der Waals surface area contributed by atoms with E-state index in [9.17, 15) is 14.7 Å². The summed E-state index contributed by atoms with van der Waals surface area (Å²) < 4.78 is 0. The van der Waals surface area contributed by atoms with E-state index in [1.807, 2.05) is 49.4 Å². The van der Waals surface area contributed by atoms with Crippen molar-refractivity contribution in [2.75, 3.05) is 13.1 Å². The van der Waals surface area contributed by atoms with Crippen LogP contribution < -0.4 is 0 Å². The maximum atomic E-state index is 12.5. The highest BCUT2D eigenvalue weighted by Crippen LogP contribution is 2.24. The van der Waals surface area contributed by atoms with E-state index in [2.05, 4.69) is 12.1 Å². The van der Waals surface area contributed by atoms with Crippen molar-refractivity contribution in [3.05, 3.63) is 60.2 Å². The first-order chi connectivity index (χ1) is 12.0. The third-order valence-corrected chi connectivity index (χ3v) is 4.99. The highest BCUT2D eigenvalue weighted by atomic mass is 16.4. The molecule has 2 unspecified atom stereocenters. The van der Waals surface area contributed by atoms with Crippen molar-refractivity contribution >= 4 is 11.9 Å². The summed E-state index contributed by atoms with van der Waals surface area (Å²) in [5.74, 6) is -1.02. The van der Waals surface area contributed by atoms with Crippen molar-refractivity contribution in [2.24, 2.45) is 11.8 Å². The van der Waals surface area contributed by atoms with Gasteiger partial charge in [0.05, 0.1) is 12.3 Å². The van der Waals surface area contributed by atoms with Crippen LogP contribution in [0.3, 0.4) is 0 Å². The summed E-state index contributed by atoms with van der Waals surface area (Å²) in [5, 5.41) is 9.19. The van der Waals surface area contributed by atoms with Gasteiger partial charge in [-0.3, -0.25) is 9.59 Å². The fourth-order valence-corrected chi connectivity index (χ4v) is 3.47. The third-order valence-electron chi connectivity index (χ3n) is 4.99. The van der Waals surface area contributed by atoms with Crippen LogP contribution in [0.4, 0.5) is 0 Å². The van der Waals surface area contributed by atoms with E-state index < -0.39 is 5.97 Å². The van der Waals surface area contributed by atoms with Gasteiger partial charge in [-0.2, -0.15) is 0 Å². The largest absolute Gasteiger partial charge is 0.481 e. The number of benzene rings is 2. The number of carboxylic acid groups (broad SMARTS) is 1. The Morgan fingerprint density at radius 1 is 1.04 bits per heavy atom. The second kappa shape index (κ2) is 7.51. The van der Waals surface area contributed by atoms with Crippen LogP contribution in [-0.4, -0.2) is 35.0 Å². The SMILES string of the molecule is CC1CN(C(=O)Cc2ccc(-c3ccccc3)cc2)CCC1C(=O)O. The number of hydrogen-bond acceptors (Lipinski definition) is 2. The standard InChI is InChI=1S/C21H23NO3/c1-15-14-22(12-11-19(15)21(24)25)20(23)13-16-7-9-18(10-8-16)17-5-3-2-4-6-17/h2-10,15,19H,11-14H2,1H3,(H,24,25). The second-order valence-electron chi connectivity index (χ2n) is 6.79. The Morgan fingerprint density at radius 2 is 1.68 bits per heavy atom. The number of rotatable bonds is 4. The Balaban J connectivity index is 1.61. The third kappa shape index (κ3) is 4.08. The molecule has 0 saturated carbocycles. The van der Waals surface area contributed by atoms with Gasteiger partial charge in [0.25, 0.3) is 0 Å². The van der Waals surface area contributed by atoms with Gasteiger partial charge < -0.3 is 10.0 Å². The fourth-order valence-electron chi connectivity index (χ4n) is 3.47. The van der Waals surface area contributed by atoms with Gasteiger partial charge in [0, 0.05) is 13.1 Å². The number of carbonyl (C=O) groups excluding carboxylic acids is 1. The lowest BCUT2D eigenvalue weighted by Gasteiger charge is -2.35. The average molecular weight is 337 g/mol. The van der Waals surface area contributed by atoms with E-state index in [-0.39, 0.29) is 17.7 Å². The minimum Gasteiger partial charge on any atom is -0.481 e. The molecule has 3 rings (SSSR count). The first-order valence-electron chi connectivity index (χ1n) is 8.69. The quantitative estimate of drug-likeness (QED) is 0.929. The molecule has 1 N–H and O–H groups in total. The molecule has 4 heteroatoms. The van der Waals surface area contributed by atoms with E-state index in [1.165, 1.54) is 0 Å². The molecule has 2 atom stereocenters. The van der Waals surface area contributed by atoms with Gasteiger partial charge in [0.15, 0.2) is 0 Å². The Labute approximate surface area is 148 Å². The van der Waals surface area contributed by atoms with E-state index in [0.717, 1.165) is 16.7 Å². The molecule has 1 fully saturated rings. The molecule has 130 valence electrons. The minimum absolute atomic E-state index is 0.00402. The Hall–Kier alpha value is -2.62. The predicted molar refractivity (Wildman–Crippen MR) is 97.1 cm³/mol. The van der Waals surface area contributed by atoms with Gasteiger partial charge in [-0.1, -0.05) is 61.5 Å². The molecule has 1 heterocycles. The maximum Gasteiger partial charge on any atom is 0.306 e. The lowest BCUT2D eigenvalue weighted by molar-refractivity contribution is -0.148. The second-order valence-corrected chi connectivity index (χ2v) is 6.79. The number of nitrogens with zero attached hydrogens (tertiary/aromatic N) is 1. The van der Waals surface area contributed by atoms with Gasteiger partial charge >= 0.3 is 5.97 Å². The molecule has 0 radical (unpaired) electrons. The molecule has 0 spiro atoms. The summed E-state index contributed by atoms with van der Waals surface area (Å²) in [6.45, 7) is 2.97. The summed E-state index contributed by atoms with van der Waals surface area (Å²) in [4.78, 5) is 25.5. The number of hydrogen-bond donors (Lipinski definition) is 1. The van der Waals surface area contributed by atoms with Crippen LogP contribution in [0, 0.1) is 11.8 Å². The van der Waals surface area contributed by atoms with Crippen LogP contribution in [0.15, 0.2) is 54.6 Å². The molecule has 4 nitrogen and oxygen atoms in total. The molecular weight excluding hydrogens is 314 g/mol. The highest BCUT2D eigenvalue weighted by molar-refractivity contribution is 5.79. The van der Waals surface area contributed by atoms with Gasteiger partial charge in [-0.05, 0) is 29.0 Å². The zero-order valence-electron chi connectivity index (χ0n) is 14.4. The molecule has 1 aliphatic rings. The predicted octanol–water partition coefficient (Wildman–Crippen LogP) is 3.47. The van der Waals surface area contributed by atoms with Crippen molar-refractivity contribution in [1.29, 1.82) is 0 Å². The normalized spacial score (nSPS) is 20.3. The number of aliphatic carboxylic acids is 1. The first kappa shape index (κ1) is 17.2. The topological polar surface area (TPSA) is 57.6 Å². The number of piperidine rings is 1. The summed E-state index contributed by atoms with van der Waals surface area (Å²) in [7, 11) is 0. The van der Waals surface area contributed by atoms with Crippen molar-refractivity contribution in [3.63, 3.8) is 0 Å². The molecule has 0 aromatic heterocycles. The van der Waals surface area contributed by atoms with Crippen LogP contribution in [0.2, 0.25) is 0 Å². The molecule has 1 saturated heterocycles. The lowest BCUT2D eigenvalue weighted by Crippen LogP contribution is -2.45. The molecule has 1 aliphatic heterocycles.